The number of nitrogens with one attached hydrogen (secondary N) is 1. The van der Waals surface area contributed by atoms with Gasteiger partial charge in [0.1, 0.15) is 6.04 Å². The largest absolute Gasteiger partial charge is 0.480 e. The Balaban J connectivity index is 4.57. The van der Waals surface area contributed by atoms with Crippen LogP contribution in [0, 0.1) is 5.92 Å². The standard InChI is InChI=1S/C14H29N3O3/c1-6-7-17(9-8-16(4)5)14(20)15-12(13(18)19)10-11(2)3/h11-12H,6-10H2,1-5H3,(H,15,20)(H,18,19)/t12-/m1/s1. The number of carbonyl (C=O) groups is 2. The molecule has 0 saturated heterocycles. The van der Waals surface area contributed by atoms with Crippen molar-refractivity contribution in [1.29, 1.82) is 0 Å². The van der Waals surface area contributed by atoms with E-state index in [1.807, 2.05) is 39.8 Å². The first kappa shape index (κ1) is 18.7. The first-order valence-corrected chi connectivity index (χ1v) is 7.20. The Hall–Kier alpha value is -1.30. The second-order valence-electron chi connectivity index (χ2n) is 5.76. The molecule has 2 amide bonds. The van der Waals surface area contributed by atoms with Crippen LogP contribution in [0.25, 0.3) is 0 Å². The number of rotatable bonds is 9. The Morgan fingerprint density at radius 3 is 2.15 bits per heavy atom. The van der Waals surface area contributed by atoms with Gasteiger partial charge in [-0.1, -0.05) is 20.8 Å². The SMILES string of the molecule is CCCN(CCN(C)C)C(=O)N[C@H](CC(C)C)C(=O)O. The van der Waals surface area contributed by atoms with Gasteiger partial charge >= 0.3 is 12.0 Å². The zero-order valence-corrected chi connectivity index (χ0v) is 13.3. The molecule has 0 aromatic rings. The molecule has 20 heavy (non-hydrogen) atoms. The minimum Gasteiger partial charge on any atom is -0.480 e. The van der Waals surface area contributed by atoms with Crippen LogP contribution in [0.2, 0.25) is 0 Å². The molecule has 0 aliphatic carbocycles. The molecular formula is C14H29N3O3. The number of carbonyl (C=O) groups excluding carboxylic acids is 1. The average molecular weight is 287 g/mol. The minimum atomic E-state index is -0.976. The zero-order chi connectivity index (χ0) is 15.7. The van der Waals surface area contributed by atoms with Crippen LogP contribution in [0.15, 0.2) is 0 Å². The van der Waals surface area contributed by atoms with E-state index in [0.717, 1.165) is 13.0 Å². The molecule has 0 aromatic heterocycles. The number of hydrogen-bond acceptors (Lipinski definition) is 3. The van der Waals surface area contributed by atoms with E-state index in [2.05, 4.69) is 5.32 Å². The molecule has 0 fully saturated rings. The third kappa shape index (κ3) is 7.99. The lowest BCUT2D eigenvalue weighted by molar-refractivity contribution is -0.139. The van der Waals surface area contributed by atoms with Gasteiger partial charge < -0.3 is 20.2 Å². The van der Waals surface area contributed by atoms with Crippen molar-refractivity contribution in [1.82, 2.24) is 15.1 Å². The summed E-state index contributed by atoms with van der Waals surface area (Å²) in [6, 6.07) is -1.11. The molecule has 6 heteroatoms. The number of aliphatic carboxylic acids is 1. The molecule has 0 unspecified atom stereocenters. The minimum absolute atomic E-state index is 0.220. The van der Waals surface area contributed by atoms with Gasteiger partial charge in [-0.15, -0.1) is 0 Å². The second kappa shape index (κ2) is 9.58. The molecule has 0 bridgehead atoms. The van der Waals surface area contributed by atoms with E-state index in [4.69, 9.17) is 5.11 Å². The summed E-state index contributed by atoms with van der Waals surface area (Å²) in [5, 5.41) is 11.8. The number of urea groups is 1. The monoisotopic (exact) mass is 287 g/mol. The van der Waals surface area contributed by atoms with Crippen LogP contribution < -0.4 is 5.32 Å². The van der Waals surface area contributed by atoms with Crippen molar-refractivity contribution < 1.29 is 14.7 Å². The molecule has 118 valence electrons. The van der Waals surface area contributed by atoms with E-state index in [-0.39, 0.29) is 11.9 Å². The molecule has 0 aromatic carbocycles. The van der Waals surface area contributed by atoms with Crippen molar-refractivity contribution >= 4 is 12.0 Å². The van der Waals surface area contributed by atoms with Gasteiger partial charge in [-0.3, -0.25) is 0 Å². The predicted octanol–water partition coefficient (Wildman–Crippen LogP) is 1.47. The summed E-state index contributed by atoms with van der Waals surface area (Å²) in [4.78, 5) is 27.0. The van der Waals surface area contributed by atoms with Crippen molar-refractivity contribution in [3.8, 4) is 0 Å². The fourth-order valence-electron chi connectivity index (χ4n) is 1.84. The molecule has 1 atom stereocenters. The number of nitrogens with zero attached hydrogens (tertiary/aromatic N) is 2. The van der Waals surface area contributed by atoms with Gasteiger partial charge in [0.2, 0.25) is 0 Å². The van der Waals surface area contributed by atoms with Crippen molar-refractivity contribution in [2.75, 3.05) is 33.7 Å². The van der Waals surface area contributed by atoms with Crippen LogP contribution in [-0.4, -0.2) is 66.7 Å². The van der Waals surface area contributed by atoms with Crippen LogP contribution in [-0.2, 0) is 4.79 Å². The Morgan fingerprint density at radius 2 is 1.75 bits per heavy atom. The van der Waals surface area contributed by atoms with Gasteiger partial charge in [0, 0.05) is 19.6 Å². The van der Waals surface area contributed by atoms with Gasteiger partial charge in [0.25, 0.3) is 0 Å². The topological polar surface area (TPSA) is 72.9 Å². The summed E-state index contributed by atoms with van der Waals surface area (Å²) in [6.45, 7) is 7.87. The number of carboxylic acids is 1. The van der Waals surface area contributed by atoms with Crippen LogP contribution in [0.1, 0.15) is 33.6 Å². The predicted molar refractivity (Wildman–Crippen MR) is 79.8 cm³/mol. The Morgan fingerprint density at radius 1 is 1.15 bits per heavy atom. The van der Waals surface area contributed by atoms with Crippen molar-refractivity contribution in [2.24, 2.45) is 5.92 Å². The van der Waals surface area contributed by atoms with Crippen LogP contribution >= 0.6 is 0 Å². The summed E-state index contributed by atoms with van der Waals surface area (Å²) in [7, 11) is 3.89. The third-order valence-corrected chi connectivity index (χ3v) is 2.90. The summed E-state index contributed by atoms with van der Waals surface area (Å²) in [6.07, 6.45) is 1.29. The molecule has 0 saturated carbocycles. The average Bonchev–Trinajstić information content (AvgIpc) is 2.32. The fourth-order valence-corrected chi connectivity index (χ4v) is 1.84. The van der Waals surface area contributed by atoms with E-state index >= 15 is 0 Å². The Labute approximate surface area is 122 Å². The van der Waals surface area contributed by atoms with E-state index in [9.17, 15) is 9.59 Å². The van der Waals surface area contributed by atoms with Crippen molar-refractivity contribution in [2.45, 2.75) is 39.7 Å². The summed E-state index contributed by atoms with van der Waals surface area (Å²) < 4.78 is 0. The number of amides is 2. The smallest absolute Gasteiger partial charge is 0.326 e. The molecule has 0 rings (SSSR count). The molecule has 0 aliphatic heterocycles. The molecule has 0 radical (unpaired) electrons. The maximum absolute atomic E-state index is 12.2. The highest BCUT2D eigenvalue weighted by molar-refractivity contribution is 5.82. The lowest BCUT2D eigenvalue weighted by atomic mass is 10.0. The summed E-state index contributed by atoms with van der Waals surface area (Å²) >= 11 is 0. The third-order valence-electron chi connectivity index (χ3n) is 2.90. The highest BCUT2D eigenvalue weighted by atomic mass is 16.4. The van der Waals surface area contributed by atoms with Gasteiger partial charge in [-0.25, -0.2) is 9.59 Å². The molecule has 0 spiro atoms. The van der Waals surface area contributed by atoms with Crippen LogP contribution in [0.3, 0.4) is 0 Å². The maximum Gasteiger partial charge on any atom is 0.326 e. The lowest BCUT2D eigenvalue weighted by Gasteiger charge is -2.26. The molecular weight excluding hydrogens is 258 g/mol. The fraction of sp³-hybridized carbons (Fsp3) is 0.857. The molecule has 0 heterocycles. The van der Waals surface area contributed by atoms with Crippen molar-refractivity contribution in [3.63, 3.8) is 0 Å². The van der Waals surface area contributed by atoms with Crippen LogP contribution in [0.4, 0.5) is 4.79 Å². The number of carboxylic acid groups (broad SMARTS) is 1. The normalized spacial score (nSPS) is 12.6. The number of likely N-dealkylation sites (N-methyl/N-ethyl adjacent to an activating group) is 1. The molecule has 2 N–H and O–H groups in total. The lowest BCUT2D eigenvalue weighted by Crippen LogP contribution is -2.50. The van der Waals surface area contributed by atoms with Gasteiger partial charge in [0.05, 0.1) is 0 Å². The van der Waals surface area contributed by atoms with Crippen molar-refractivity contribution in [3.05, 3.63) is 0 Å². The highest BCUT2D eigenvalue weighted by Gasteiger charge is 2.23. The first-order valence-electron chi connectivity index (χ1n) is 7.20. The summed E-state index contributed by atoms with van der Waals surface area (Å²) in [5.74, 6) is -0.756. The second-order valence-corrected chi connectivity index (χ2v) is 5.76. The van der Waals surface area contributed by atoms with Gasteiger partial charge in [-0.2, -0.15) is 0 Å². The zero-order valence-electron chi connectivity index (χ0n) is 13.3. The molecule has 6 nitrogen and oxygen atoms in total. The first-order chi connectivity index (χ1) is 9.27. The van der Waals surface area contributed by atoms with E-state index in [0.29, 0.717) is 19.5 Å². The molecule has 0 aliphatic rings. The van der Waals surface area contributed by atoms with E-state index < -0.39 is 12.0 Å². The Bertz CT molecular complexity index is 306. The quantitative estimate of drug-likeness (QED) is 0.673. The van der Waals surface area contributed by atoms with Gasteiger partial charge in [0.15, 0.2) is 0 Å². The van der Waals surface area contributed by atoms with E-state index in [1.54, 1.807) is 4.90 Å². The summed E-state index contributed by atoms with van der Waals surface area (Å²) in [5.41, 5.74) is 0. The van der Waals surface area contributed by atoms with E-state index in [1.165, 1.54) is 0 Å². The maximum atomic E-state index is 12.2. The van der Waals surface area contributed by atoms with Gasteiger partial charge in [-0.05, 0) is 32.9 Å². The highest BCUT2D eigenvalue weighted by Crippen LogP contribution is 2.06. The Kier molecular flexibility index (Phi) is 8.96. The number of hydrogen-bond donors (Lipinski definition) is 2. The van der Waals surface area contributed by atoms with Crippen LogP contribution in [0.5, 0.6) is 0 Å².